The predicted molar refractivity (Wildman–Crippen MR) is 109 cm³/mol. The van der Waals surface area contributed by atoms with E-state index in [-0.39, 0.29) is 108 Å². The number of rotatable bonds is 0. The first kappa shape index (κ1) is 84.2. The Balaban J connectivity index is -0.00000000600. The van der Waals surface area contributed by atoms with Gasteiger partial charge in [-0.25, -0.2) is 12.2 Å². The van der Waals surface area contributed by atoms with E-state index in [2.05, 4.69) is 12.2 Å². The second-order valence-corrected chi connectivity index (χ2v) is 3.25. The Kier molecular flexibility index (Phi) is 211. The maximum atomic E-state index is 6.94. The van der Waals surface area contributed by atoms with E-state index in [0.717, 1.165) is 6.42 Å². The Morgan fingerprint density at radius 1 is 0.900 bits per heavy atom. The van der Waals surface area contributed by atoms with Gasteiger partial charge in [0, 0.05) is 21.7 Å². The molecule has 1 aliphatic rings. The summed E-state index contributed by atoms with van der Waals surface area (Å²) in [6, 6.07) is 0. The van der Waals surface area contributed by atoms with Gasteiger partial charge in [0.2, 0.25) is 0 Å². The van der Waals surface area contributed by atoms with Gasteiger partial charge in [-0.1, -0.05) is 20.8 Å². The fraction of sp³-hybridized carbons (Fsp3) is 0.333. The first-order valence-electron chi connectivity index (χ1n) is 3.47. The molecule has 5 heteroatoms. The van der Waals surface area contributed by atoms with Gasteiger partial charge in [-0.3, -0.25) is 6.08 Å². The summed E-state index contributed by atoms with van der Waals surface area (Å²) in [7, 11) is 0. The maximum Gasteiger partial charge on any atom is 0 e. The number of halogens is 2. The summed E-state index contributed by atoms with van der Waals surface area (Å²) in [6.07, 6.45) is 10.0. The second kappa shape index (κ2) is 50.2. The molecule has 0 amide bonds. The summed E-state index contributed by atoms with van der Waals surface area (Å²) in [4.78, 5) is 0. The van der Waals surface area contributed by atoms with Crippen LogP contribution in [0, 0.1) is 50.6 Å². The molecule has 133 valence electrons. The van der Waals surface area contributed by atoms with Crippen molar-refractivity contribution in [1.29, 1.82) is 0 Å². The molecule has 0 aliphatic heterocycles. The standard InChI is InChI=1S/C5H5.C4H10N.6CH3.2ClH.H3Si.Ti/c1-2-4-5-3-1;1-4(2,3)5;;;;;;;;;;/h1-3H,4H2;5H,1-3H3;6*1H3;2*1H;1H3;/q8*-1;;;;. The van der Waals surface area contributed by atoms with E-state index in [1.54, 1.807) is 0 Å². The van der Waals surface area contributed by atoms with Crippen LogP contribution in [0.4, 0.5) is 0 Å². The van der Waals surface area contributed by atoms with Crippen LogP contribution in [0.2, 0.25) is 0 Å². The van der Waals surface area contributed by atoms with E-state index in [0.29, 0.717) is 0 Å². The number of hydrogen-bond acceptors (Lipinski definition) is 0. The summed E-state index contributed by atoms with van der Waals surface area (Å²) in [6.45, 7) is 5.56. The van der Waals surface area contributed by atoms with E-state index in [9.17, 15) is 0 Å². The maximum absolute atomic E-state index is 6.94. The third-order valence-corrected chi connectivity index (χ3v) is 0.586. The van der Waals surface area contributed by atoms with Gasteiger partial charge in [-0.05, 0) is 11.0 Å². The summed E-state index contributed by atoms with van der Waals surface area (Å²) in [5, 5.41) is 0. The molecule has 20 heavy (non-hydrogen) atoms. The molecule has 0 saturated carbocycles. The van der Waals surface area contributed by atoms with Gasteiger partial charge in [-0.2, -0.15) is 6.08 Å². The van der Waals surface area contributed by atoms with E-state index < -0.39 is 0 Å². The van der Waals surface area contributed by atoms with Crippen molar-refractivity contribution in [2.45, 2.75) is 32.7 Å². The van der Waals surface area contributed by atoms with Crippen molar-refractivity contribution in [1.82, 2.24) is 0 Å². The van der Waals surface area contributed by atoms with E-state index in [4.69, 9.17) is 5.73 Å². The first-order valence-corrected chi connectivity index (χ1v) is 3.47. The average molecular weight is 379 g/mol. The summed E-state index contributed by atoms with van der Waals surface area (Å²) < 4.78 is 0. The second-order valence-electron chi connectivity index (χ2n) is 3.25. The largest absolute Gasteiger partial charge is 0.673 e. The molecule has 0 saturated heterocycles. The van der Waals surface area contributed by atoms with Crippen molar-refractivity contribution in [3.8, 4) is 0 Å². The predicted octanol–water partition coefficient (Wildman–Crippen LogP) is 5.50. The summed E-state index contributed by atoms with van der Waals surface area (Å²) >= 11 is 0. The molecular weight excluding hydrogens is 341 g/mol. The fourth-order valence-electron chi connectivity index (χ4n) is 0.340. The molecular formula is C15H38Cl2NSiTi-8. The van der Waals surface area contributed by atoms with Gasteiger partial charge in [0.15, 0.2) is 0 Å². The normalized spacial score (nSPS) is 7.40. The van der Waals surface area contributed by atoms with Crippen LogP contribution in [0.5, 0.6) is 0 Å². The van der Waals surface area contributed by atoms with Crippen LogP contribution in [0.3, 0.4) is 0 Å². The van der Waals surface area contributed by atoms with Crippen molar-refractivity contribution in [3.63, 3.8) is 0 Å². The quantitative estimate of drug-likeness (QED) is 0.392. The van der Waals surface area contributed by atoms with Crippen molar-refractivity contribution >= 4 is 35.8 Å². The van der Waals surface area contributed by atoms with Crippen LogP contribution >= 0.6 is 24.8 Å². The van der Waals surface area contributed by atoms with Gasteiger partial charge < -0.3 is 50.3 Å². The molecule has 1 radical (unpaired) electrons. The van der Waals surface area contributed by atoms with Crippen LogP contribution in [0.25, 0.3) is 5.73 Å². The Labute approximate surface area is 164 Å². The minimum Gasteiger partial charge on any atom is -0.673 e. The van der Waals surface area contributed by atoms with Crippen LogP contribution in [0.15, 0.2) is 18.2 Å². The minimum atomic E-state index is -0.250. The number of nitrogens with one attached hydrogen (secondary N) is 1. The average Bonchev–Trinajstić information content (AvgIpc) is 2.07. The van der Waals surface area contributed by atoms with Crippen molar-refractivity contribution in [3.05, 3.63) is 74.6 Å². The molecule has 0 atom stereocenters. The van der Waals surface area contributed by atoms with Crippen LogP contribution in [0.1, 0.15) is 27.2 Å². The molecule has 0 heterocycles. The molecule has 1 aliphatic carbocycles. The van der Waals surface area contributed by atoms with Crippen molar-refractivity contribution in [2.75, 3.05) is 0 Å². The summed E-state index contributed by atoms with van der Waals surface area (Å²) in [5.41, 5.74) is 6.69. The molecule has 0 aromatic carbocycles. The third-order valence-electron chi connectivity index (χ3n) is 0.586. The number of hydrogen-bond donors (Lipinski definition) is 0. The Bertz CT molecular complexity index is 131. The van der Waals surface area contributed by atoms with Gasteiger partial charge >= 0.3 is 0 Å². The summed E-state index contributed by atoms with van der Waals surface area (Å²) in [5.74, 6) is 0. The van der Waals surface area contributed by atoms with E-state index >= 15 is 0 Å². The molecule has 0 aromatic rings. The molecule has 0 aromatic heterocycles. The minimum absolute atomic E-state index is 0. The van der Waals surface area contributed by atoms with Crippen LogP contribution in [-0.2, 0) is 21.7 Å². The first-order chi connectivity index (χ1) is 4.50. The zero-order chi connectivity index (χ0) is 8.04. The third kappa shape index (κ3) is 172. The monoisotopic (exact) mass is 378 g/mol. The Morgan fingerprint density at radius 2 is 1.15 bits per heavy atom. The number of allylic oxidation sites excluding steroid dienone is 4. The molecule has 1 nitrogen and oxygen atoms in total. The van der Waals surface area contributed by atoms with Crippen molar-refractivity contribution < 1.29 is 21.7 Å². The molecule has 0 unspecified atom stereocenters. The van der Waals surface area contributed by atoms with Gasteiger partial charge in [0.05, 0.1) is 0 Å². The molecule has 1 N–H and O–H groups in total. The van der Waals surface area contributed by atoms with Gasteiger partial charge in [0.25, 0.3) is 0 Å². The zero-order valence-electron chi connectivity index (χ0n) is 15.3. The van der Waals surface area contributed by atoms with Crippen molar-refractivity contribution in [2.24, 2.45) is 0 Å². The molecule has 1 rings (SSSR count). The van der Waals surface area contributed by atoms with E-state index in [1.807, 2.05) is 32.9 Å². The molecule has 0 fully saturated rings. The van der Waals surface area contributed by atoms with Crippen LogP contribution in [-0.4, -0.2) is 16.5 Å². The fourth-order valence-corrected chi connectivity index (χ4v) is 0.340. The van der Waals surface area contributed by atoms with Gasteiger partial charge in [-0.15, -0.1) is 36.8 Å². The SMILES string of the molecule is CC(C)(C)[NH-].Cl.Cl.[C-]1=CC=CC1.[CH3-].[CH3-].[CH3-].[CH3-].[CH3-].[CH3-].[SiH3].[Ti]. The smallest absolute Gasteiger partial charge is 0 e. The zero-order valence-corrected chi connectivity index (χ0v) is 20.5. The Morgan fingerprint density at radius 3 is 1.20 bits per heavy atom. The molecule has 0 spiro atoms. The van der Waals surface area contributed by atoms with Gasteiger partial charge in [0.1, 0.15) is 0 Å². The van der Waals surface area contributed by atoms with Crippen LogP contribution < -0.4 is 0 Å². The molecule has 0 bridgehead atoms. The Hall–Kier alpha value is 0.951. The topological polar surface area (TPSA) is 23.8 Å². The van der Waals surface area contributed by atoms with E-state index in [1.165, 1.54) is 0 Å².